The molecule has 1 aromatic heterocycles. The lowest BCUT2D eigenvalue weighted by atomic mass is 10.1. The summed E-state index contributed by atoms with van der Waals surface area (Å²) in [6, 6.07) is 10.1. The van der Waals surface area contributed by atoms with Crippen molar-refractivity contribution in [3.05, 3.63) is 57.8 Å². The predicted octanol–water partition coefficient (Wildman–Crippen LogP) is 3.37. The second kappa shape index (κ2) is 5.61. The fourth-order valence-electron chi connectivity index (χ4n) is 2.09. The highest BCUT2D eigenvalue weighted by molar-refractivity contribution is 9.10. The molecule has 0 N–H and O–H groups in total. The van der Waals surface area contributed by atoms with Crippen molar-refractivity contribution in [2.45, 2.75) is 13.5 Å². The number of hydrogen-bond donors (Lipinski definition) is 0. The van der Waals surface area contributed by atoms with E-state index >= 15 is 0 Å². The van der Waals surface area contributed by atoms with Crippen LogP contribution in [0.25, 0.3) is 0 Å². The molecule has 2 aromatic rings. The van der Waals surface area contributed by atoms with Crippen molar-refractivity contribution < 1.29 is 4.79 Å². The van der Waals surface area contributed by atoms with Gasteiger partial charge >= 0.3 is 0 Å². The zero-order valence-corrected chi connectivity index (χ0v) is 12.9. The Kier molecular flexibility index (Phi) is 4.10. The van der Waals surface area contributed by atoms with Gasteiger partial charge in [-0.15, -0.1) is 0 Å². The molecule has 0 saturated carbocycles. The molecule has 0 radical (unpaired) electrons. The van der Waals surface area contributed by atoms with Gasteiger partial charge in [-0.2, -0.15) is 0 Å². The highest BCUT2D eigenvalue weighted by Gasteiger charge is 2.15. The maximum absolute atomic E-state index is 12.4. The van der Waals surface area contributed by atoms with E-state index in [1.807, 2.05) is 43.1 Å². The average Bonchev–Trinajstić information content (AvgIpc) is 2.67. The van der Waals surface area contributed by atoms with Crippen molar-refractivity contribution in [2.24, 2.45) is 7.05 Å². The molecule has 0 aliphatic heterocycles. The molecule has 0 unspecified atom stereocenters. The lowest BCUT2D eigenvalue weighted by molar-refractivity contribution is 0.0775. The van der Waals surface area contributed by atoms with Crippen LogP contribution in [0.15, 0.2) is 41.0 Å². The van der Waals surface area contributed by atoms with Gasteiger partial charge in [-0.25, -0.2) is 0 Å². The minimum absolute atomic E-state index is 0.0229. The Bertz CT molecular complexity index is 604. The van der Waals surface area contributed by atoms with E-state index in [1.54, 1.807) is 4.90 Å². The van der Waals surface area contributed by atoms with Crippen LogP contribution in [0, 0.1) is 6.92 Å². The summed E-state index contributed by atoms with van der Waals surface area (Å²) < 4.78 is 2.75. The van der Waals surface area contributed by atoms with Crippen LogP contribution in [0.3, 0.4) is 0 Å². The third-order valence-electron chi connectivity index (χ3n) is 3.04. The molecule has 0 saturated heterocycles. The lowest BCUT2D eigenvalue weighted by Crippen LogP contribution is -2.27. The molecule has 0 bridgehead atoms. The quantitative estimate of drug-likeness (QED) is 0.851. The maximum Gasteiger partial charge on any atom is 0.270 e. The molecular formula is C15H17BrN2O. The summed E-state index contributed by atoms with van der Waals surface area (Å²) in [4.78, 5) is 14.1. The van der Waals surface area contributed by atoms with E-state index in [9.17, 15) is 4.79 Å². The van der Waals surface area contributed by atoms with Crippen molar-refractivity contribution in [1.82, 2.24) is 9.47 Å². The number of aryl methyl sites for hydroxylation is 2. The van der Waals surface area contributed by atoms with Crippen molar-refractivity contribution in [3.63, 3.8) is 0 Å². The highest BCUT2D eigenvalue weighted by Crippen LogP contribution is 2.16. The van der Waals surface area contributed by atoms with Crippen LogP contribution in [0.4, 0.5) is 0 Å². The molecule has 19 heavy (non-hydrogen) atoms. The number of halogens is 1. The van der Waals surface area contributed by atoms with Crippen LogP contribution in [-0.4, -0.2) is 22.4 Å². The summed E-state index contributed by atoms with van der Waals surface area (Å²) in [5, 5.41) is 0. The van der Waals surface area contributed by atoms with E-state index < -0.39 is 0 Å². The third-order valence-corrected chi connectivity index (χ3v) is 3.47. The smallest absolute Gasteiger partial charge is 0.270 e. The average molecular weight is 321 g/mol. The molecule has 2 rings (SSSR count). The normalized spacial score (nSPS) is 10.5. The van der Waals surface area contributed by atoms with Crippen molar-refractivity contribution in [2.75, 3.05) is 7.05 Å². The van der Waals surface area contributed by atoms with Gasteiger partial charge in [0.2, 0.25) is 0 Å². The first-order chi connectivity index (χ1) is 8.97. The molecule has 3 nitrogen and oxygen atoms in total. The first-order valence-electron chi connectivity index (χ1n) is 6.10. The van der Waals surface area contributed by atoms with Crippen LogP contribution in [0.5, 0.6) is 0 Å². The molecule has 0 spiro atoms. The van der Waals surface area contributed by atoms with E-state index in [0.29, 0.717) is 12.2 Å². The van der Waals surface area contributed by atoms with E-state index in [0.717, 1.165) is 10.0 Å². The Morgan fingerprint density at radius 3 is 2.68 bits per heavy atom. The topological polar surface area (TPSA) is 25.2 Å². The van der Waals surface area contributed by atoms with Gasteiger partial charge in [-0.1, -0.05) is 29.8 Å². The molecule has 0 aliphatic rings. The van der Waals surface area contributed by atoms with Crippen LogP contribution < -0.4 is 0 Å². The van der Waals surface area contributed by atoms with Crippen LogP contribution in [0.1, 0.15) is 21.6 Å². The number of nitrogens with zero attached hydrogens (tertiary/aromatic N) is 2. The third kappa shape index (κ3) is 3.26. The number of carbonyl (C=O) groups excluding carboxylic acids is 1. The van der Waals surface area contributed by atoms with Crippen LogP contribution in [-0.2, 0) is 13.6 Å². The second-order valence-corrected chi connectivity index (χ2v) is 5.72. The molecule has 4 heteroatoms. The van der Waals surface area contributed by atoms with Gasteiger partial charge in [0.15, 0.2) is 0 Å². The fraction of sp³-hybridized carbons (Fsp3) is 0.267. The Balaban J connectivity index is 2.14. The molecule has 1 amide bonds. The molecule has 100 valence electrons. The van der Waals surface area contributed by atoms with Gasteiger partial charge in [-0.05, 0) is 34.5 Å². The zero-order valence-electron chi connectivity index (χ0n) is 11.4. The molecular weight excluding hydrogens is 304 g/mol. The lowest BCUT2D eigenvalue weighted by Gasteiger charge is -2.17. The summed E-state index contributed by atoms with van der Waals surface area (Å²) in [5.74, 6) is 0.0229. The van der Waals surface area contributed by atoms with E-state index in [4.69, 9.17) is 0 Å². The Morgan fingerprint density at radius 2 is 2.11 bits per heavy atom. The summed E-state index contributed by atoms with van der Waals surface area (Å²) in [7, 11) is 3.70. The molecule has 1 heterocycles. The predicted molar refractivity (Wildman–Crippen MR) is 80.1 cm³/mol. The Labute approximate surface area is 122 Å². The number of benzene rings is 1. The standard InChI is InChI=1S/C15H17BrN2O/c1-11-5-4-6-12(7-11)9-18(3)15(19)14-8-13(16)10-17(14)2/h4-8,10H,9H2,1-3H3. The molecule has 1 aromatic carbocycles. The monoisotopic (exact) mass is 320 g/mol. The van der Waals surface area contributed by atoms with Gasteiger partial charge in [0.05, 0.1) is 0 Å². The van der Waals surface area contributed by atoms with Crippen molar-refractivity contribution >= 4 is 21.8 Å². The number of rotatable bonds is 3. The summed E-state index contributed by atoms with van der Waals surface area (Å²) in [5.41, 5.74) is 3.03. The van der Waals surface area contributed by atoms with E-state index in [2.05, 4.69) is 35.0 Å². The number of hydrogen-bond acceptors (Lipinski definition) is 1. The van der Waals surface area contributed by atoms with Gasteiger partial charge in [0.1, 0.15) is 5.69 Å². The summed E-state index contributed by atoms with van der Waals surface area (Å²) >= 11 is 3.39. The van der Waals surface area contributed by atoms with Gasteiger partial charge in [-0.3, -0.25) is 4.79 Å². The fourth-order valence-corrected chi connectivity index (χ4v) is 2.61. The summed E-state index contributed by atoms with van der Waals surface area (Å²) in [6.45, 7) is 2.67. The van der Waals surface area contributed by atoms with Crippen molar-refractivity contribution in [1.29, 1.82) is 0 Å². The van der Waals surface area contributed by atoms with Gasteiger partial charge < -0.3 is 9.47 Å². The van der Waals surface area contributed by atoms with Crippen LogP contribution in [0.2, 0.25) is 0 Å². The minimum atomic E-state index is 0.0229. The van der Waals surface area contributed by atoms with E-state index in [-0.39, 0.29) is 5.91 Å². The van der Waals surface area contributed by atoms with Crippen molar-refractivity contribution in [3.8, 4) is 0 Å². The minimum Gasteiger partial charge on any atom is -0.345 e. The second-order valence-electron chi connectivity index (χ2n) is 4.80. The number of carbonyl (C=O) groups is 1. The molecule has 0 atom stereocenters. The molecule has 0 aliphatic carbocycles. The van der Waals surface area contributed by atoms with Crippen LogP contribution >= 0.6 is 15.9 Å². The number of amides is 1. The SMILES string of the molecule is Cc1cccc(CN(C)C(=O)c2cc(Br)cn2C)c1. The first-order valence-corrected chi connectivity index (χ1v) is 6.89. The van der Waals surface area contributed by atoms with Gasteiger partial charge in [0, 0.05) is 31.3 Å². The largest absolute Gasteiger partial charge is 0.345 e. The molecule has 0 fully saturated rings. The number of aromatic nitrogens is 1. The highest BCUT2D eigenvalue weighted by atomic mass is 79.9. The zero-order chi connectivity index (χ0) is 14.0. The van der Waals surface area contributed by atoms with E-state index in [1.165, 1.54) is 5.56 Å². The van der Waals surface area contributed by atoms with Gasteiger partial charge in [0.25, 0.3) is 5.91 Å². The maximum atomic E-state index is 12.4. The summed E-state index contributed by atoms with van der Waals surface area (Å²) in [6.07, 6.45) is 1.88. The Hall–Kier alpha value is -1.55. The Morgan fingerprint density at radius 1 is 1.37 bits per heavy atom. The first kappa shape index (κ1) is 13.9.